The van der Waals surface area contributed by atoms with Crippen LogP contribution in [0, 0.1) is 5.82 Å². The summed E-state index contributed by atoms with van der Waals surface area (Å²) in [5, 5.41) is 0.267. The lowest BCUT2D eigenvalue weighted by Crippen LogP contribution is -2.40. The summed E-state index contributed by atoms with van der Waals surface area (Å²) in [4.78, 5) is 18.2. The molecule has 1 aromatic heterocycles. The van der Waals surface area contributed by atoms with Crippen LogP contribution in [0.25, 0.3) is 10.9 Å². The minimum atomic E-state index is -1.34. The van der Waals surface area contributed by atoms with Crippen molar-refractivity contribution in [3.8, 4) is 0 Å². The topological polar surface area (TPSA) is 79.2 Å². The Labute approximate surface area is 173 Å². The molecule has 2 aliphatic rings. The van der Waals surface area contributed by atoms with Crippen molar-refractivity contribution in [2.45, 2.75) is 76.3 Å². The van der Waals surface area contributed by atoms with Crippen LogP contribution in [-0.2, 0) is 16.1 Å². The molecule has 1 saturated carbocycles. The zero-order valence-electron chi connectivity index (χ0n) is 17.3. The maximum absolute atomic E-state index is 14.5. The Morgan fingerprint density at radius 1 is 1.34 bits per heavy atom. The SMILES string of the molecule is C[C@@H](N[S+]([O-])C(C)(C)C)c1cc(F)cc2c(=O)n(C3CC3)c([C@@H]3CCCO3)nc12. The fraction of sp³-hybridized carbons (Fsp3) is 0.619. The van der Waals surface area contributed by atoms with E-state index in [0.29, 0.717) is 23.5 Å². The van der Waals surface area contributed by atoms with Gasteiger partial charge in [0.2, 0.25) is 0 Å². The highest BCUT2D eigenvalue weighted by Crippen LogP contribution is 2.39. The van der Waals surface area contributed by atoms with Gasteiger partial charge in [-0.1, -0.05) is 0 Å². The summed E-state index contributed by atoms with van der Waals surface area (Å²) in [6.45, 7) is 8.08. The van der Waals surface area contributed by atoms with Gasteiger partial charge < -0.3 is 9.29 Å². The van der Waals surface area contributed by atoms with Crippen molar-refractivity contribution in [3.63, 3.8) is 0 Å². The zero-order chi connectivity index (χ0) is 20.9. The lowest BCUT2D eigenvalue weighted by atomic mass is 10.0. The third-order valence-electron chi connectivity index (χ3n) is 5.46. The molecule has 0 bridgehead atoms. The maximum Gasteiger partial charge on any atom is 0.261 e. The van der Waals surface area contributed by atoms with E-state index in [0.717, 1.165) is 25.7 Å². The number of rotatable bonds is 5. The van der Waals surface area contributed by atoms with Gasteiger partial charge >= 0.3 is 0 Å². The number of ether oxygens (including phenoxy) is 1. The van der Waals surface area contributed by atoms with Gasteiger partial charge in [0.05, 0.1) is 16.9 Å². The summed E-state index contributed by atoms with van der Waals surface area (Å²) in [5.41, 5.74) is 0.787. The Morgan fingerprint density at radius 2 is 2.07 bits per heavy atom. The van der Waals surface area contributed by atoms with Gasteiger partial charge in [-0.2, -0.15) is 0 Å². The molecule has 0 amide bonds. The molecule has 158 valence electrons. The molecule has 1 unspecified atom stereocenters. The van der Waals surface area contributed by atoms with E-state index in [4.69, 9.17) is 9.72 Å². The highest BCUT2D eigenvalue weighted by atomic mass is 32.2. The molecule has 6 nitrogen and oxygen atoms in total. The van der Waals surface area contributed by atoms with Crippen LogP contribution in [0.1, 0.15) is 83.0 Å². The molecule has 2 aromatic rings. The summed E-state index contributed by atoms with van der Waals surface area (Å²) >= 11 is -1.34. The molecular formula is C21H28FN3O3S. The van der Waals surface area contributed by atoms with Gasteiger partial charge in [0.15, 0.2) is 0 Å². The zero-order valence-corrected chi connectivity index (χ0v) is 18.1. The van der Waals surface area contributed by atoms with E-state index >= 15 is 0 Å². The van der Waals surface area contributed by atoms with Gasteiger partial charge in [0.1, 0.15) is 22.5 Å². The first kappa shape index (κ1) is 20.8. The van der Waals surface area contributed by atoms with Crippen LogP contribution in [0.3, 0.4) is 0 Å². The van der Waals surface area contributed by atoms with Crippen molar-refractivity contribution >= 4 is 22.3 Å². The van der Waals surface area contributed by atoms with Crippen LogP contribution in [0.2, 0.25) is 0 Å². The van der Waals surface area contributed by atoms with Crippen LogP contribution >= 0.6 is 0 Å². The van der Waals surface area contributed by atoms with E-state index in [9.17, 15) is 13.7 Å². The number of benzene rings is 1. The van der Waals surface area contributed by atoms with Crippen LogP contribution < -0.4 is 10.3 Å². The minimum absolute atomic E-state index is 0.120. The monoisotopic (exact) mass is 421 g/mol. The standard InChI is InChI=1S/C21H28FN3O3S/c1-12(24-29(27)21(2,3)4)15-10-13(22)11-16-18(15)23-19(17-6-5-9-28-17)25(20(16)26)14-7-8-14/h10-12,14,17,24H,5-9H2,1-4H3/t12-,17+,29?/m1/s1. The molecule has 4 rings (SSSR count). The van der Waals surface area contributed by atoms with E-state index in [2.05, 4.69) is 4.72 Å². The second-order valence-electron chi connectivity index (χ2n) is 8.99. The van der Waals surface area contributed by atoms with Gasteiger partial charge in [-0.15, -0.1) is 4.72 Å². The van der Waals surface area contributed by atoms with E-state index in [1.54, 1.807) is 4.57 Å². The van der Waals surface area contributed by atoms with Crippen LogP contribution in [0.5, 0.6) is 0 Å². The molecule has 1 aromatic carbocycles. The summed E-state index contributed by atoms with van der Waals surface area (Å²) < 4.78 is 37.1. The van der Waals surface area contributed by atoms with Crippen LogP contribution in [0.15, 0.2) is 16.9 Å². The number of nitrogens with one attached hydrogen (secondary N) is 1. The molecule has 0 spiro atoms. The fourth-order valence-electron chi connectivity index (χ4n) is 3.74. The highest BCUT2D eigenvalue weighted by molar-refractivity contribution is 7.90. The molecule has 8 heteroatoms. The molecular weight excluding hydrogens is 393 g/mol. The molecule has 1 aliphatic carbocycles. The Hall–Kier alpha value is -1.48. The Morgan fingerprint density at radius 3 is 2.66 bits per heavy atom. The lowest BCUT2D eigenvalue weighted by molar-refractivity contribution is 0.101. The second kappa shape index (κ2) is 7.65. The summed E-state index contributed by atoms with van der Waals surface area (Å²) in [6.07, 6.45) is 3.40. The molecule has 1 N–H and O–H groups in total. The van der Waals surface area contributed by atoms with E-state index in [1.807, 2.05) is 27.7 Å². The number of aromatic nitrogens is 2. The summed E-state index contributed by atoms with van der Waals surface area (Å²) in [6, 6.07) is 2.33. The maximum atomic E-state index is 14.5. The first-order valence-electron chi connectivity index (χ1n) is 10.2. The van der Waals surface area contributed by atoms with Crippen LogP contribution in [-0.4, -0.2) is 25.5 Å². The number of halogens is 1. The molecule has 2 heterocycles. The average Bonchev–Trinajstić information content (AvgIpc) is 3.33. The molecule has 1 aliphatic heterocycles. The van der Waals surface area contributed by atoms with Crippen molar-refractivity contribution in [1.29, 1.82) is 0 Å². The van der Waals surface area contributed by atoms with Crippen molar-refractivity contribution in [1.82, 2.24) is 14.3 Å². The van der Waals surface area contributed by atoms with Crippen molar-refractivity contribution in [2.24, 2.45) is 0 Å². The summed E-state index contributed by atoms with van der Waals surface area (Å²) in [5.74, 6) is 0.147. The van der Waals surface area contributed by atoms with E-state index < -0.39 is 28.0 Å². The normalized spacial score (nSPS) is 22.2. The van der Waals surface area contributed by atoms with Crippen molar-refractivity contribution in [3.05, 3.63) is 39.7 Å². The minimum Gasteiger partial charge on any atom is -0.598 e. The smallest absolute Gasteiger partial charge is 0.261 e. The molecule has 1 saturated heterocycles. The van der Waals surface area contributed by atoms with Gasteiger partial charge in [-0.05, 0) is 65.5 Å². The van der Waals surface area contributed by atoms with E-state index in [1.165, 1.54) is 12.1 Å². The van der Waals surface area contributed by atoms with Crippen molar-refractivity contribution < 1.29 is 13.7 Å². The van der Waals surface area contributed by atoms with Gasteiger partial charge in [0, 0.05) is 29.6 Å². The fourth-order valence-corrected chi connectivity index (χ4v) is 4.54. The molecule has 2 fully saturated rings. The predicted octanol–water partition coefficient (Wildman–Crippen LogP) is 3.83. The Bertz CT molecular complexity index is 978. The number of hydrogen-bond acceptors (Lipinski definition) is 5. The summed E-state index contributed by atoms with van der Waals surface area (Å²) in [7, 11) is 0. The third-order valence-corrected chi connectivity index (χ3v) is 7.14. The lowest BCUT2D eigenvalue weighted by Gasteiger charge is -2.27. The second-order valence-corrected chi connectivity index (χ2v) is 11.0. The van der Waals surface area contributed by atoms with Gasteiger partial charge in [-0.25, -0.2) is 9.37 Å². The van der Waals surface area contributed by atoms with Crippen molar-refractivity contribution in [2.75, 3.05) is 6.61 Å². The third kappa shape index (κ3) is 4.08. The molecule has 0 radical (unpaired) electrons. The number of nitrogens with zero attached hydrogens (tertiary/aromatic N) is 2. The Balaban J connectivity index is 1.86. The predicted molar refractivity (Wildman–Crippen MR) is 112 cm³/mol. The first-order valence-corrected chi connectivity index (χ1v) is 11.4. The Kier molecular flexibility index (Phi) is 5.48. The molecule has 29 heavy (non-hydrogen) atoms. The first-order chi connectivity index (χ1) is 13.7. The highest BCUT2D eigenvalue weighted by Gasteiger charge is 2.34. The molecule has 3 atom stereocenters. The van der Waals surface area contributed by atoms with Gasteiger partial charge in [-0.3, -0.25) is 9.36 Å². The largest absolute Gasteiger partial charge is 0.598 e. The quantitative estimate of drug-likeness (QED) is 0.742. The number of fused-ring (bicyclic) bond motifs is 1. The van der Waals surface area contributed by atoms with E-state index in [-0.39, 0.29) is 23.1 Å². The number of hydrogen-bond donors (Lipinski definition) is 1. The average molecular weight is 422 g/mol. The van der Waals surface area contributed by atoms with Gasteiger partial charge in [0.25, 0.3) is 5.56 Å². The van der Waals surface area contributed by atoms with Crippen LogP contribution in [0.4, 0.5) is 4.39 Å².